The van der Waals surface area contributed by atoms with Crippen LogP contribution in [0.3, 0.4) is 0 Å². The molecule has 1 amide bonds. The van der Waals surface area contributed by atoms with Gasteiger partial charge in [-0.2, -0.15) is 0 Å². The lowest BCUT2D eigenvalue weighted by atomic mass is 10.2. The van der Waals surface area contributed by atoms with Crippen molar-refractivity contribution in [3.63, 3.8) is 0 Å². The van der Waals surface area contributed by atoms with Crippen LogP contribution in [0.5, 0.6) is 0 Å². The number of benzene rings is 1. The van der Waals surface area contributed by atoms with Crippen molar-refractivity contribution in [2.24, 2.45) is 0 Å². The van der Waals surface area contributed by atoms with Crippen LogP contribution in [-0.2, 0) is 17.9 Å². The van der Waals surface area contributed by atoms with Crippen molar-refractivity contribution >= 4 is 16.9 Å². The van der Waals surface area contributed by atoms with Gasteiger partial charge in [0.15, 0.2) is 0 Å². The first-order valence-corrected chi connectivity index (χ1v) is 9.24. The van der Waals surface area contributed by atoms with Crippen LogP contribution < -0.4 is 11.1 Å². The molecule has 2 aromatic rings. The fourth-order valence-corrected chi connectivity index (χ4v) is 3.59. The van der Waals surface area contributed by atoms with E-state index in [1.165, 1.54) is 9.13 Å². The Morgan fingerprint density at radius 2 is 1.54 bits per heavy atom. The van der Waals surface area contributed by atoms with E-state index in [9.17, 15) is 14.4 Å². The minimum absolute atomic E-state index is 0.0538. The number of nitrogens with zero attached hydrogens (tertiary/aromatic N) is 3. The molecule has 1 aliphatic rings. The SMILES string of the molecule is C=CCn1c(=O)c(=O)n(CCC(=O)N2CCCCCC2)c2ccccc21. The van der Waals surface area contributed by atoms with E-state index in [-0.39, 0.29) is 25.4 Å². The molecule has 2 heterocycles. The summed E-state index contributed by atoms with van der Waals surface area (Å²) in [6.07, 6.45) is 6.22. The minimum Gasteiger partial charge on any atom is -0.343 e. The van der Waals surface area contributed by atoms with Crippen LogP contribution in [0.2, 0.25) is 0 Å². The first kappa shape index (κ1) is 18.2. The van der Waals surface area contributed by atoms with Crippen LogP contribution in [0, 0.1) is 0 Å². The first-order valence-electron chi connectivity index (χ1n) is 9.24. The minimum atomic E-state index is -0.589. The zero-order valence-corrected chi connectivity index (χ0v) is 15.0. The molecule has 0 saturated carbocycles. The highest BCUT2D eigenvalue weighted by atomic mass is 16.2. The van der Waals surface area contributed by atoms with Gasteiger partial charge < -0.3 is 9.47 Å². The average molecular weight is 355 g/mol. The number of rotatable bonds is 5. The molecule has 3 rings (SSSR count). The number of carbonyl (C=O) groups excluding carboxylic acids is 1. The second-order valence-electron chi connectivity index (χ2n) is 6.69. The van der Waals surface area contributed by atoms with E-state index >= 15 is 0 Å². The molecule has 138 valence electrons. The Morgan fingerprint density at radius 3 is 2.15 bits per heavy atom. The third-order valence-electron chi connectivity index (χ3n) is 4.96. The van der Waals surface area contributed by atoms with E-state index in [1.807, 2.05) is 29.2 Å². The Bertz CT molecular complexity index is 918. The van der Waals surface area contributed by atoms with Crippen LogP contribution in [0.1, 0.15) is 32.1 Å². The molecule has 1 aromatic carbocycles. The van der Waals surface area contributed by atoms with E-state index in [0.717, 1.165) is 38.8 Å². The summed E-state index contributed by atoms with van der Waals surface area (Å²) < 4.78 is 2.87. The summed E-state index contributed by atoms with van der Waals surface area (Å²) in [5.41, 5.74) is 0.182. The third kappa shape index (κ3) is 3.64. The molecule has 0 atom stereocenters. The highest BCUT2D eigenvalue weighted by Crippen LogP contribution is 2.13. The molecular formula is C20H25N3O3. The van der Waals surface area contributed by atoms with Crippen LogP contribution in [-0.4, -0.2) is 33.0 Å². The molecule has 0 N–H and O–H groups in total. The molecule has 0 radical (unpaired) electrons. The zero-order chi connectivity index (χ0) is 18.5. The van der Waals surface area contributed by atoms with Gasteiger partial charge in [-0.1, -0.05) is 31.1 Å². The maximum atomic E-state index is 12.6. The normalized spacial score (nSPS) is 15.0. The molecule has 6 nitrogen and oxygen atoms in total. The predicted molar refractivity (Wildman–Crippen MR) is 102 cm³/mol. The number of hydrogen-bond acceptors (Lipinski definition) is 3. The fraction of sp³-hybridized carbons (Fsp3) is 0.450. The van der Waals surface area contributed by atoms with Crippen molar-refractivity contribution in [1.29, 1.82) is 0 Å². The van der Waals surface area contributed by atoms with Crippen molar-refractivity contribution in [3.05, 3.63) is 57.6 Å². The fourth-order valence-electron chi connectivity index (χ4n) is 3.59. The summed E-state index contributed by atoms with van der Waals surface area (Å²) in [7, 11) is 0. The summed E-state index contributed by atoms with van der Waals surface area (Å²) in [5, 5.41) is 0. The zero-order valence-electron chi connectivity index (χ0n) is 15.0. The number of amides is 1. The van der Waals surface area contributed by atoms with E-state index in [0.29, 0.717) is 11.0 Å². The van der Waals surface area contributed by atoms with Crippen molar-refractivity contribution in [2.45, 2.75) is 45.2 Å². The first-order chi connectivity index (χ1) is 12.6. The average Bonchev–Trinajstić information content (AvgIpc) is 2.94. The second-order valence-corrected chi connectivity index (χ2v) is 6.69. The quantitative estimate of drug-likeness (QED) is 0.610. The van der Waals surface area contributed by atoms with Gasteiger partial charge in [-0.3, -0.25) is 19.0 Å². The van der Waals surface area contributed by atoms with Crippen molar-refractivity contribution in [2.75, 3.05) is 13.1 Å². The maximum Gasteiger partial charge on any atom is 0.317 e. The summed E-state index contributed by atoms with van der Waals surface area (Å²) in [6.45, 7) is 5.73. The number of carbonyl (C=O) groups is 1. The molecule has 26 heavy (non-hydrogen) atoms. The van der Waals surface area contributed by atoms with Crippen LogP contribution in [0.25, 0.3) is 11.0 Å². The largest absolute Gasteiger partial charge is 0.343 e. The number of aryl methyl sites for hydroxylation is 1. The predicted octanol–water partition coefficient (Wildman–Crippen LogP) is 2.14. The van der Waals surface area contributed by atoms with Crippen molar-refractivity contribution in [1.82, 2.24) is 14.0 Å². The lowest BCUT2D eigenvalue weighted by Crippen LogP contribution is -2.42. The number of likely N-dealkylation sites (tertiary alicyclic amines) is 1. The summed E-state index contributed by atoms with van der Waals surface area (Å²) in [5.74, 6) is 0.0538. The Hall–Kier alpha value is -2.63. The van der Waals surface area contributed by atoms with E-state index < -0.39 is 11.1 Å². The number of para-hydroxylation sites is 2. The standard InChI is InChI=1S/C20H25N3O3/c1-2-12-22-16-9-5-6-10-17(16)23(20(26)19(22)25)15-11-18(24)21-13-7-3-4-8-14-21/h2,5-6,9-10H,1,3-4,7-8,11-15H2. The van der Waals surface area contributed by atoms with Gasteiger partial charge in [0.2, 0.25) is 5.91 Å². The Morgan fingerprint density at radius 1 is 0.962 bits per heavy atom. The number of fused-ring (bicyclic) bond motifs is 1. The number of aromatic nitrogens is 2. The van der Waals surface area contributed by atoms with Crippen LogP contribution in [0.4, 0.5) is 0 Å². The molecule has 0 aliphatic carbocycles. The highest BCUT2D eigenvalue weighted by Gasteiger charge is 2.17. The van der Waals surface area contributed by atoms with Gasteiger partial charge in [-0.05, 0) is 25.0 Å². The molecule has 0 bridgehead atoms. The molecular weight excluding hydrogens is 330 g/mol. The van der Waals surface area contributed by atoms with E-state index in [1.54, 1.807) is 6.08 Å². The van der Waals surface area contributed by atoms with Crippen molar-refractivity contribution < 1.29 is 4.79 Å². The van der Waals surface area contributed by atoms with Crippen molar-refractivity contribution in [3.8, 4) is 0 Å². The summed E-state index contributed by atoms with van der Waals surface area (Å²) in [6, 6.07) is 7.29. The Kier molecular flexibility index (Phi) is 5.71. The molecule has 1 aromatic heterocycles. The topological polar surface area (TPSA) is 64.3 Å². The van der Waals surface area contributed by atoms with Gasteiger partial charge >= 0.3 is 11.1 Å². The van der Waals surface area contributed by atoms with Gasteiger partial charge in [0.05, 0.1) is 11.0 Å². The van der Waals surface area contributed by atoms with Gasteiger partial charge in [0, 0.05) is 32.6 Å². The third-order valence-corrected chi connectivity index (χ3v) is 4.96. The van der Waals surface area contributed by atoms with E-state index in [4.69, 9.17) is 0 Å². The van der Waals surface area contributed by atoms with Gasteiger partial charge in [0.1, 0.15) is 0 Å². The molecule has 1 aliphatic heterocycles. The van der Waals surface area contributed by atoms with Gasteiger partial charge in [-0.15, -0.1) is 6.58 Å². The Labute approximate surface area is 152 Å². The summed E-state index contributed by atoms with van der Waals surface area (Å²) >= 11 is 0. The molecule has 0 unspecified atom stereocenters. The molecule has 1 fully saturated rings. The lowest BCUT2D eigenvalue weighted by Gasteiger charge is -2.21. The van der Waals surface area contributed by atoms with Gasteiger partial charge in [0.25, 0.3) is 0 Å². The second kappa shape index (κ2) is 8.17. The summed E-state index contributed by atoms with van der Waals surface area (Å²) in [4.78, 5) is 39.5. The molecule has 0 spiro atoms. The smallest absolute Gasteiger partial charge is 0.317 e. The Balaban J connectivity index is 1.90. The number of allylic oxidation sites excluding steroid dienone is 1. The maximum absolute atomic E-state index is 12.6. The lowest BCUT2D eigenvalue weighted by molar-refractivity contribution is -0.131. The number of hydrogen-bond donors (Lipinski definition) is 0. The highest BCUT2D eigenvalue weighted by molar-refractivity contribution is 5.77. The van der Waals surface area contributed by atoms with Crippen LogP contribution >= 0.6 is 0 Å². The van der Waals surface area contributed by atoms with E-state index in [2.05, 4.69) is 6.58 Å². The van der Waals surface area contributed by atoms with Gasteiger partial charge in [-0.25, -0.2) is 0 Å². The van der Waals surface area contributed by atoms with Crippen LogP contribution in [0.15, 0.2) is 46.5 Å². The monoisotopic (exact) mass is 355 g/mol. The molecule has 1 saturated heterocycles. The molecule has 6 heteroatoms.